The third-order valence-corrected chi connectivity index (χ3v) is 5.80. The Balaban J connectivity index is 1.66. The van der Waals surface area contributed by atoms with Gasteiger partial charge in [0.25, 0.3) is 0 Å². The second-order valence-electron chi connectivity index (χ2n) is 6.83. The van der Waals surface area contributed by atoms with Gasteiger partial charge in [0.05, 0.1) is 18.4 Å². The summed E-state index contributed by atoms with van der Waals surface area (Å²) in [6.45, 7) is 0.110. The number of carbonyl (C=O) groups is 2. The van der Waals surface area contributed by atoms with Crippen molar-refractivity contribution >= 4 is 23.5 Å². The molecule has 0 amide bonds. The number of thioether (sulfide) groups is 1. The Hall–Kier alpha value is -3.40. The van der Waals surface area contributed by atoms with E-state index in [2.05, 4.69) is 9.89 Å². The number of methoxy groups -OCH3 is 1. The summed E-state index contributed by atoms with van der Waals surface area (Å²) in [5.74, 6) is -0.150. The molecular formula is C23H21F2NO6S. The van der Waals surface area contributed by atoms with E-state index in [1.807, 2.05) is 13.8 Å². The molecule has 0 unspecified atom stereocenters. The van der Waals surface area contributed by atoms with Gasteiger partial charge in [0, 0.05) is 21.8 Å². The molecule has 3 rings (SSSR count). The molecule has 33 heavy (non-hydrogen) atoms. The molecule has 0 fully saturated rings. The maximum atomic E-state index is 12.6. The van der Waals surface area contributed by atoms with Crippen molar-refractivity contribution in [3.05, 3.63) is 70.6 Å². The van der Waals surface area contributed by atoms with Gasteiger partial charge in [0.15, 0.2) is 23.9 Å². The highest BCUT2D eigenvalue weighted by Gasteiger charge is 2.19. The highest BCUT2D eigenvalue weighted by molar-refractivity contribution is 7.98. The lowest BCUT2D eigenvalue weighted by molar-refractivity contribution is -0.0512. The van der Waals surface area contributed by atoms with E-state index in [1.54, 1.807) is 24.3 Å². The highest BCUT2D eigenvalue weighted by atomic mass is 32.2. The quantitative estimate of drug-likeness (QED) is 0.223. The number of aryl methyl sites for hydroxylation is 2. The molecule has 3 aromatic rings. The Bertz CT molecular complexity index is 1130. The molecule has 0 aliphatic heterocycles. The van der Waals surface area contributed by atoms with Crippen LogP contribution in [0.5, 0.6) is 11.5 Å². The van der Waals surface area contributed by atoms with Crippen molar-refractivity contribution in [1.82, 2.24) is 5.16 Å². The first-order valence-electron chi connectivity index (χ1n) is 9.77. The normalized spacial score (nSPS) is 10.8. The average molecular weight is 477 g/mol. The van der Waals surface area contributed by atoms with Gasteiger partial charge in [-0.2, -0.15) is 8.78 Å². The third kappa shape index (κ3) is 6.10. The summed E-state index contributed by atoms with van der Waals surface area (Å²) in [5, 5.41) is 3.92. The van der Waals surface area contributed by atoms with Crippen LogP contribution in [0.1, 0.15) is 37.7 Å². The van der Waals surface area contributed by atoms with E-state index in [1.165, 1.54) is 37.1 Å². The molecule has 1 aromatic heterocycles. The maximum Gasteiger partial charge on any atom is 0.387 e. The number of esters is 1. The number of carbonyl (C=O) groups excluding carboxylic acids is 2. The molecule has 0 aliphatic rings. The molecule has 0 atom stereocenters. The van der Waals surface area contributed by atoms with Crippen LogP contribution in [0.3, 0.4) is 0 Å². The van der Waals surface area contributed by atoms with Crippen LogP contribution in [0.15, 0.2) is 51.9 Å². The van der Waals surface area contributed by atoms with E-state index in [0.717, 1.165) is 11.3 Å². The van der Waals surface area contributed by atoms with E-state index in [9.17, 15) is 18.4 Å². The fourth-order valence-electron chi connectivity index (χ4n) is 2.95. The van der Waals surface area contributed by atoms with Gasteiger partial charge in [-0.05, 0) is 44.2 Å². The number of hydrogen-bond donors (Lipinski definition) is 0. The number of alkyl halides is 2. The molecule has 0 bridgehead atoms. The van der Waals surface area contributed by atoms with Gasteiger partial charge < -0.3 is 18.7 Å². The molecule has 1 heterocycles. The molecule has 7 nitrogen and oxygen atoms in total. The largest absolute Gasteiger partial charge is 0.493 e. The summed E-state index contributed by atoms with van der Waals surface area (Å²) in [6, 6.07) is 10.6. The summed E-state index contributed by atoms with van der Waals surface area (Å²) in [5.41, 5.74) is 2.18. The van der Waals surface area contributed by atoms with Crippen LogP contribution in [0.25, 0.3) is 0 Å². The number of Topliss-reactive ketones (excluding diaryl/α,β-unsaturated/α-hetero) is 1. The van der Waals surface area contributed by atoms with Gasteiger partial charge in [0.2, 0.25) is 0 Å². The van der Waals surface area contributed by atoms with E-state index in [-0.39, 0.29) is 17.1 Å². The van der Waals surface area contributed by atoms with Gasteiger partial charge in [-0.3, -0.25) is 4.79 Å². The standard InChI is InChI=1S/C23H21F2NO6S/c1-13-17(14(2)32-26-13)12-33-21-7-5-4-6-16(21)22(28)30-11-18(27)15-8-9-19(31-23(24)25)20(10-15)29-3/h4-10,23H,11-12H2,1-3H3. The lowest BCUT2D eigenvalue weighted by Gasteiger charge is -2.12. The first kappa shape index (κ1) is 24.2. The number of aromatic nitrogens is 1. The van der Waals surface area contributed by atoms with Crippen LogP contribution in [-0.4, -0.2) is 37.2 Å². The number of halogens is 2. The zero-order valence-corrected chi connectivity index (χ0v) is 18.9. The fraction of sp³-hybridized carbons (Fsp3) is 0.261. The van der Waals surface area contributed by atoms with E-state index >= 15 is 0 Å². The Morgan fingerprint density at radius 3 is 2.55 bits per heavy atom. The molecule has 0 saturated carbocycles. The first-order chi connectivity index (χ1) is 15.8. The molecule has 0 saturated heterocycles. The van der Waals surface area contributed by atoms with Crippen molar-refractivity contribution in [1.29, 1.82) is 0 Å². The van der Waals surface area contributed by atoms with Crippen molar-refractivity contribution in [3.63, 3.8) is 0 Å². The second kappa shape index (κ2) is 11.0. The molecule has 2 aromatic carbocycles. The monoisotopic (exact) mass is 477 g/mol. The SMILES string of the molecule is COc1cc(C(=O)COC(=O)c2ccccc2SCc2c(C)noc2C)ccc1OC(F)F. The smallest absolute Gasteiger partial charge is 0.387 e. The number of benzene rings is 2. The first-order valence-corrected chi connectivity index (χ1v) is 10.8. The fourth-order valence-corrected chi connectivity index (χ4v) is 4.14. The topological polar surface area (TPSA) is 87.9 Å². The summed E-state index contributed by atoms with van der Waals surface area (Å²) in [6.07, 6.45) is 0. The van der Waals surface area contributed by atoms with Crippen LogP contribution >= 0.6 is 11.8 Å². The third-order valence-electron chi connectivity index (χ3n) is 4.70. The zero-order chi connectivity index (χ0) is 24.0. The average Bonchev–Trinajstić information content (AvgIpc) is 3.13. The van der Waals surface area contributed by atoms with Gasteiger partial charge in [0.1, 0.15) is 5.76 Å². The molecular weight excluding hydrogens is 456 g/mol. The lowest BCUT2D eigenvalue weighted by atomic mass is 10.1. The minimum atomic E-state index is -3.03. The number of ether oxygens (including phenoxy) is 3. The van der Waals surface area contributed by atoms with Crippen molar-refractivity contribution in [3.8, 4) is 11.5 Å². The Morgan fingerprint density at radius 2 is 1.88 bits per heavy atom. The van der Waals surface area contributed by atoms with Gasteiger partial charge in [-0.25, -0.2) is 4.79 Å². The molecule has 174 valence electrons. The van der Waals surface area contributed by atoms with Crippen molar-refractivity contribution < 1.29 is 37.1 Å². The van der Waals surface area contributed by atoms with E-state index in [0.29, 0.717) is 22.0 Å². The summed E-state index contributed by atoms with van der Waals surface area (Å²) >= 11 is 1.43. The minimum Gasteiger partial charge on any atom is -0.493 e. The van der Waals surface area contributed by atoms with Crippen molar-refractivity contribution in [2.24, 2.45) is 0 Å². The number of hydrogen-bond acceptors (Lipinski definition) is 8. The van der Waals surface area contributed by atoms with E-state index in [4.69, 9.17) is 14.0 Å². The zero-order valence-electron chi connectivity index (χ0n) is 18.1. The van der Waals surface area contributed by atoms with Crippen LogP contribution in [0.2, 0.25) is 0 Å². The Kier molecular flexibility index (Phi) is 8.05. The van der Waals surface area contributed by atoms with Crippen LogP contribution in [0, 0.1) is 13.8 Å². The number of rotatable bonds is 10. The molecule has 10 heteroatoms. The maximum absolute atomic E-state index is 12.6. The molecule has 0 aliphatic carbocycles. The molecule has 0 N–H and O–H groups in total. The predicted molar refractivity (Wildman–Crippen MR) is 116 cm³/mol. The summed E-state index contributed by atoms with van der Waals surface area (Å²) in [7, 11) is 1.26. The highest BCUT2D eigenvalue weighted by Crippen LogP contribution is 2.31. The summed E-state index contributed by atoms with van der Waals surface area (Å²) < 4.78 is 44.6. The Labute approximate surface area is 193 Å². The van der Waals surface area contributed by atoms with Gasteiger partial charge in [-0.15, -0.1) is 11.8 Å². The summed E-state index contributed by atoms with van der Waals surface area (Å²) in [4.78, 5) is 25.8. The van der Waals surface area contributed by atoms with Gasteiger partial charge in [-0.1, -0.05) is 17.3 Å². The second-order valence-corrected chi connectivity index (χ2v) is 7.85. The number of ketones is 1. The van der Waals surface area contributed by atoms with Gasteiger partial charge >= 0.3 is 12.6 Å². The number of nitrogens with zero attached hydrogens (tertiary/aromatic N) is 1. The Morgan fingerprint density at radius 1 is 1.12 bits per heavy atom. The van der Waals surface area contributed by atoms with Crippen molar-refractivity contribution in [2.75, 3.05) is 13.7 Å². The predicted octanol–water partition coefficient (Wildman–Crippen LogP) is 5.23. The molecule has 0 spiro atoms. The van der Waals surface area contributed by atoms with Crippen LogP contribution < -0.4 is 9.47 Å². The van der Waals surface area contributed by atoms with E-state index < -0.39 is 25.0 Å². The van der Waals surface area contributed by atoms with Crippen LogP contribution in [-0.2, 0) is 10.5 Å². The van der Waals surface area contributed by atoms with Crippen LogP contribution in [0.4, 0.5) is 8.78 Å². The minimum absolute atomic E-state index is 0.0338. The lowest BCUT2D eigenvalue weighted by Crippen LogP contribution is -2.15. The van der Waals surface area contributed by atoms with Crippen molar-refractivity contribution in [2.45, 2.75) is 31.1 Å². The molecule has 0 radical (unpaired) electrons.